The number of aryl methyl sites for hydroxylation is 2. The maximum absolute atomic E-state index is 4.58. The van der Waals surface area contributed by atoms with Crippen LogP contribution >= 0.6 is 0 Å². The molecule has 0 fully saturated rings. The number of aromatic nitrogens is 2. The van der Waals surface area contributed by atoms with Gasteiger partial charge in [-0.05, 0) is 32.5 Å². The molecule has 0 radical (unpaired) electrons. The van der Waals surface area contributed by atoms with Gasteiger partial charge in [0, 0.05) is 11.3 Å². The van der Waals surface area contributed by atoms with Gasteiger partial charge in [-0.3, -0.25) is 0 Å². The van der Waals surface area contributed by atoms with Crippen molar-refractivity contribution in [3.63, 3.8) is 0 Å². The van der Waals surface area contributed by atoms with Crippen LogP contribution in [-0.2, 0) is 6.54 Å². The molecule has 3 nitrogen and oxygen atoms in total. The molecule has 0 aliphatic heterocycles. The summed E-state index contributed by atoms with van der Waals surface area (Å²) >= 11 is 0. The first-order chi connectivity index (χ1) is 8.20. The van der Waals surface area contributed by atoms with Crippen LogP contribution < -0.4 is 5.32 Å². The topological polar surface area (TPSA) is 37.8 Å². The molecule has 0 amide bonds. The van der Waals surface area contributed by atoms with Crippen molar-refractivity contribution >= 4 is 0 Å². The lowest BCUT2D eigenvalue weighted by atomic mass is 10.1. The van der Waals surface area contributed by atoms with Crippen LogP contribution in [0, 0.1) is 13.8 Å². The summed E-state index contributed by atoms with van der Waals surface area (Å²) < 4.78 is 0. The second-order valence-corrected chi connectivity index (χ2v) is 4.16. The minimum Gasteiger partial charge on any atom is -0.313 e. The number of nitrogens with one attached hydrogen (secondary N) is 1. The van der Waals surface area contributed by atoms with E-state index in [4.69, 9.17) is 0 Å². The van der Waals surface area contributed by atoms with Crippen molar-refractivity contribution in [1.82, 2.24) is 15.3 Å². The molecule has 88 valence electrons. The van der Waals surface area contributed by atoms with Crippen LogP contribution in [0.25, 0.3) is 11.3 Å². The van der Waals surface area contributed by atoms with Crippen LogP contribution in [0.5, 0.6) is 0 Å². The molecule has 0 bridgehead atoms. The van der Waals surface area contributed by atoms with Crippen molar-refractivity contribution in [2.24, 2.45) is 0 Å². The molecule has 0 unspecified atom stereocenters. The van der Waals surface area contributed by atoms with Crippen LogP contribution in [0.2, 0.25) is 0 Å². The minimum atomic E-state index is 0.695. The Labute approximate surface area is 102 Å². The second kappa shape index (κ2) is 5.06. The largest absolute Gasteiger partial charge is 0.313 e. The summed E-state index contributed by atoms with van der Waals surface area (Å²) in [6.45, 7) is 4.80. The van der Waals surface area contributed by atoms with Gasteiger partial charge in [-0.25, -0.2) is 9.97 Å². The van der Waals surface area contributed by atoms with Crippen molar-refractivity contribution in [3.05, 3.63) is 47.4 Å². The van der Waals surface area contributed by atoms with E-state index in [1.807, 2.05) is 32.2 Å². The van der Waals surface area contributed by atoms with E-state index < -0.39 is 0 Å². The zero-order valence-corrected chi connectivity index (χ0v) is 10.5. The van der Waals surface area contributed by atoms with Gasteiger partial charge in [-0.15, -0.1) is 0 Å². The fraction of sp³-hybridized carbons (Fsp3) is 0.286. The predicted octanol–water partition coefficient (Wildman–Crippen LogP) is 2.48. The summed E-state index contributed by atoms with van der Waals surface area (Å²) in [5, 5.41) is 3.08. The van der Waals surface area contributed by atoms with Crippen molar-refractivity contribution in [3.8, 4) is 11.3 Å². The molecule has 1 N–H and O–H groups in total. The van der Waals surface area contributed by atoms with Gasteiger partial charge < -0.3 is 5.32 Å². The van der Waals surface area contributed by atoms with Gasteiger partial charge in [0.1, 0.15) is 5.82 Å². The summed E-state index contributed by atoms with van der Waals surface area (Å²) in [7, 11) is 1.90. The fourth-order valence-electron chi connectivity index (χ4n) is 1.87. The Bertz CT molecular complexity index is 521. The Morgan fingerprint density at radius 3 is 2.59 bits per heavy atom. The smallest absolute Gasteiger partial charge is 0.143 e. The third kappa shape index (κ3) is 2.68. The third-order valence-electron chi connectivity index (χ3n) is 2.66. The van der Waals surface area contributed by atoms with E-state index in [0.717, 1.165) is 17.2 Å². The lowest BCUT2D eigenvalue weighted by molar-refractivity contribution is 0.754. The zero-order chi connectivity index (χ0) is 12.3. The Hall–Kier alpha value is -1.74. The zero-order valence-electron chi connectivity index (χ0n) is 10.5. The molecule has 1 aromatic carbocycles. The van der Waals surface area contributed by atoms with E-state index in [0.29, 0.717) is 6.54 Å². The van der Waals surface area contributed by atoms with E-state index in [1.165, 1.54) is 11.1 Å². The van der Waals surface area contributed by atoms with Crippen LogP contribution in [0.15, 0.2) is 30.3 Å². The van der Waals surface area contributed by atoms with Crippen LogP contribution in [0.3, 0.4) is 0 Å². The highest BCUT2D eigenvalue weighted by atomic mass is 15.0. The van der Waals surface area contributed by atoms with E-state index >= 15 is 0 Å². The molecule has 0 saturated carbocycles. The first kappa shape index (κ1) is 11.7. The van der Waals surface area contributed by atoms with Crippen LogP contribution in [0.1, 0.15) is 17.1 Å². The molecule has 17 heavy (non-hydrogen) atoms. The van der Waals surface area contributed by atoms with Crippen LogP contribution in [0.4, 0.5) is 0 Å². The number of hydrogen-bond acceptors (Lipinski definition) is 3. The standard InChI is InChI=1S/C14H17N3/c1-10-6-4-5-7-12(10)13-8-11(2)16-14(17-13)9-15-3/h4-8,15H,9H2,1-3H3. The van der Waals surface area contributed by atoms with Gasteiger partial charge in [0.2, 0.25) is 0 Å². The first-order valence-corrected chi connectivity index (χ1v) is 5.76. The molecule has 2 rings (SSSR count). The molecule has 0 spiro atoms. The molecular weight excluding hydrogens is 210 g/mol. The monoisotopic (exact) mass is 227 g/mol. The van der Waals surface area contributed by atoms with E-state index in [2.05, 4.69) is 34.3 Å². The summed E-state index contributed by atoms with van der Waals surface area (Å²) in [5.74, 6) is 0.839. The van der Waals surface area contributed by atoms with E-state index in [9.17, 15) is 0 Å². The second-order valence-electron chi connectivity index (χ2n) is 4.16. The number of nitrogens with zero attached hydrogens (tertiary/aromatic N) is 2. The molecule has 0 aliphatic rings. The van der Waals surface area contributed by atoms with Crippen molar-refractivity contribution in [1.29, 1.82) is 0 Å². The third-order valence-corrected chi connectivity index (χ3v) is 2.66. The molecule has 0 atom stereocenters. The maximum Gasteiger partial charge on any atom is 0.143 e. The maximum atomic E-state index is 4.58. The Morgan fingerprint density at radius 1 is 1.12 bits per heavy atom. The average molecular weight is 227 g/mol. The summed E-state index contributed by atoms with van der Waals surface area (Å²) in [6.07, 6.45) is 0. The molecule has 0 saturated heterocycles. The van der Waals surface area contributed by atoms with E-state index in [-0.39, 0.29) is 0 Å². The molecule has 2 aromatic rings. The molecule has 3 heteroatoms. The van der Waals surface area contributed by atoms with Gasteiger partial charge in [-0.2, -0.15) is 0 Å². The summed E-state index contributed by atoms with van der Waals surface area (Å²) in [4.78, 5) is 8.99. The minimum absolute atomic E-state index is 0.695. The summed E-state index contributed by atoms with van der Waals surface area (Å²) in [5.41, 5.74) is 4.42. The number of benzene rings is 1. The summed E-state index contributed by atoms with van der Waals surface area (Å²) in [6, 6.07) is 10.3. The highest BCUT2D eigenvalue weighted by Gasteiger charge is 2.06. The lowest BCUT2D eigenvalue weighted by Crippen LogP contribution is -2.10. The van der Waals surface area contributed by atoms with Gasteiger partial charge in [0.25, 0.3) is 0 Å². The van der Waals surface area contributed by atoms with Crippen molar-refractivity contribution < 1.29 is 0 Å². The number of hydrogen-bond donors (Lipinski definition) is 1. The molecule has 1 heterocycles. The number of rotatable bonds is 3. The highest BCUT2D eigenvalue weighted by Crippen LogP contribution is 2.21. The Balaban J connectivity index is 2.48. The van der Waals surface area contributed by atoms with Gasteiger partial charge in [-0.1, -0.05) is 24.3 Å². The van der Waals surface area contributed by atoms with Crippen LogP contribution in [-0.4, -0.2) is 17.0 Å². The van der Waals surface area contributed by atoms with Gasteiger partial charge in [0.05, 0.1) is 12.2 Å². The molecular formula is C14H17N3. The molecule has 0 aliphatic carbocycles. The predicted molar refractivity (Wildman–Crippen MR) is 69.7 cm³/mol. The first-order valence-electron chi connectivity index (χ1n) is 5.76. The van der Waals surface area contributed by atoms with Gasteiger partial charge >= 0.3 is 0 Å². The van der Waals surface area contributed by atoms with Gasteiger partial charge in [0.15, 0.2) is 0 Å². The fourth-order valence-corrected chi connectivity index (χ4v) is 1.87. The average Bonchev–Trinajstić information content (AvgIpc) is 2.29. The van der Waals surface area contributed by atoms with Crippen molar-refractivity contribution in [2.75, 3.05) is 7.05 Å². The SMILES string of the molecule is CNCc1nc(C)cc(-c2ccccc2C)n1. The highest BCUT2D eigenvalue weighted by molar-refractivity contribution is 5.63. The Morgan fingerprint density at radius 2 is 1.88 bits per heavy atom. The quantitative estimate of drug-likeness (QED) is 0.875. The lowest BCUT2D eigenvalue weighted by Gasteiger charge is -2.08. The van der Waals surface area contributed by atoms with Crippen molar-refractivity contribution in [2.45, 2.75) is 20.4 Å². The Kier molecular flexibility index (Phi) is 3.49. The van der Waals surface area contributed by atoms with E-state index in [1.54, 1.807) is 0 Å². The normalized spacial score (nSPS) is 10.5. The molecule has 1 aromatic heterocycles.